The summed E-state index contributed by atoms with van der Waals surface area (Å²) < 4.78 is 10.5. The Hall–Kier alpha value is -3.72. The van der Waals surface area contributed by atoms with E-state index in [0.29, 0.717) is 30.9 Å². The number of nitrogens with zero attached hydrogens (tertiary/aromatic N) is 1. The molecule has 0 aliphatic heterocycles. The molecule has 30 heavy (non-hydrogen) atoms. The quantitative estimate of drug-likeness (QED) is 0.235. The van der Waals surface area contributed by atoms with Crippen LogP contribution in [-0.2, 0) is 20.9 Å². The maximum Gasteiger partial charge on any atom is 0.335 e. The highest BCUT2D eigenvalue weighted by atomic mass is 16.5. The number of rotatable bonds is 10. The number of carbonyl (C=O) groups is 3. The highest BCUT2D eigenvalue weighted by molar-refractivity contribution is 6.35. The molecule has 0 unspecified atom stereocenters. The third-order valence-corrected chi connectivity index (χ3v) is 3.86. The van der Waals surface area contributed by atoms with Crippen molar-refractivity contribution in [2.24, 2.45) is 5.10 Å². The highest BCUT2D eigenvalue weighted by Gasteiger charge is 2.11. The van der Waals surface area contributed by atoms with E-state index in [-0.39, 0.29) is 12.2 Å². The summed E-state index contributed by atoms with van der Waals surface area (Å²) in [5, 5.41) is 15.1. The van der Waals surface area contributed by atoms with E-state index in [4.69, 9.17) is 14.6 Å². The molecule has 2 rings (SSSR count). The average molecular weight is 413 g/mol. The summed E-state index contributed by atoms with van der Waals surface area (Å²) in [6.45, 7) is 1.09. The van der Waals surface area contributed by atoms with Crippen molar-refractivity contribution in [3.05, 3.63) is 65.2 Å². The number of hydrazone groups is 1. The second-order valence-electron chi connectivity index (χ2n) is 6.16. The molecule has 9 nitrogen and oxygen atoms in total. The van der Waals surface area contributed by atoms with E-state index in [9.17, 15) is 14.4 Å². The van der Waals surface area contributed by atoms with Crippen molar-refractivity contribution in [1.82, 2.24) is 10.7 Å². The SMILES string of the molecule is COCCCNC(=O)C(=O)N/N=C\c1cccc(OCc2ccc(C(=O)O)cc2)c1. The number of nitrogens with one attached hydrogen (secondary N) is 2. The zero-order chi connectivity index (χ0) is 21.8. The standard InChI is InChI=1S/C21H23N3O6/c1-29-11-3-10-22-19(25)20(26)24-23-13-16-4-2-5-18(12-16)30-14-15-6-8-17(9-7-15)21(27)28/h2,4-9,12-13H,3,10-11,14H2,1H3,(H,22,25)(H,24,26)(H,27,28)/b23-13-. The van der Waals surface area contributed by atoms with Crippen molar-refractivity contribution in [3.63, 3.8) is 0 Å². The molecule has 158 valence electrons. The molecule has 2 aromatic rings. The van der Waals surface area contributed by atoms with Crippen molar-refractivity contribution in [3.8, 4) is 5.75 Å². The molecule has 9 heteroatoms. The predicted octanol–water partition coefficient (Wildman–Crippen LogP) is 1.57. The van der Waals surface area contributed by atoms with Crippen molar-refractivity contribution in [1.29, 1.82) is 0 Å². The van der Waals surface area contributed by atoms with E-state index in [1.807, 2.05) is 0 Å². The van der Waals surface area contributed by atoms with Gasteiger partial charge in [-0.1, -0.05) is 24.3 Å². The van der Waals surface area contributed by atoms with E-state index in [1.165, 1.54) is 18.3 Å². The molecule has 0 heterocycles. The van der Waals surface area contributed by atoms with Crippen molar-refractivity contribution < 1.29 is 29.0 Å². The smallest absolute Gasteiger partial charge is 0.335 e. The molecule has 0 radical (unpaired) electrons. The zero-order valence-electron chi connectivity index (χ0n) is 16.5. The Morgan fingerprint density at radius 2 is 1.87 bits per heavy atom. The molecule has 0 saturated carbocycles. The van der Waals surface area contributed by atoms with Gasteiger partial charge in [-0.25, -0.2) is 10.2 Å². The molecule has 2 aromatic carbocycles. The number of aromatic carboxylic acids is 1. The molecule has 2 amide bonds. The topological polar surface area (TPSA) is 126 Å². The van der Waals surface area contributed by atoms with Gasteiger partial charge in [0.25, 0.3) is 0 Å². The third-order valence-electron chi connectivity index (χ3n) is 3.86. The van der Waals surface area contributed by atoms with Crippen LogP contribution in [0.4, 0.5) is 0 Å². The van der Waals surface area contributed by atoms with Gasteiger partial charge >= 0.3 is 17.8 Å². The zero-order valence-corrected chi connectivity index (χ0v) is 16.5. The number of benzene rings is 2. The van der Waals surface area contributed by atoms with Crippen LogP contribution in [0.15, 0.2) is 53.6 Å². The van der Waals surface area contributed by atoms with Crippen LogP contribution in [-0.4, -0.2) is 49.4 Å². The largest absolute Gasteiger partial charge is 0.489 e. The number of ether oxygens (including phenoxy) is 2. The summed E-state index contributed by atoms with van der Waals surface area (Å²) in [5.41, 5.74) is 3.86. The summed E-state index contributed by atoms with van der Waals surface area (Å²) in [6, 6.07) is 13.4. The van der Waals surface area contributed by atoms with Crippen LogP contribution in [0.2, 0.25) is 0 Å². The molecule has 3 N–H and O–H groups in total. The first-order valence-electron chi connectivity index (χ1n) is 9.15. The number of methoxy groups -OCH3 is 1. The molecule has 0 fully saturated rings. The van der Waals surface area contributed by atoms with E-state index < -0.39 is 17.8 Å². The molecule has 0 bridgehead atoms. The molecular formula is C21H23N3O6. The van der Waals surface area contributed by atoms with E-state index in [0.717, 1.165) is 5.56 Å². The normalized spacial score (nSPS) is 10.6. The van der Waals surface area contributed by atoms with Gasteiger partial charge in [-0.2, -0.15) is 5.10 Å². The summed E-state index contributed by atoms with van der Waals surface area (Å²) >= 11 is 0. The van der Waals surface area contributed by atoms with Gasteiger partial charge in [0.1, 0.15) is 12.4 Å². The number of carbonyl (C=O) groups excluding carboxylic acids is 2. The number of amides is 2. The van der Waals surface area contributed by atoms with Crippen molar-refractivity contribution >= 4 is 24.0 Å². The Morgan fingerprint density at radius 1 is 1.10 bits per heavy atom. The van der Waals surface area contributed by atoms with Crippen LogP contribution in [0.3, 0.4) is 0 Å². The van der Waals surface area contributed by atoms with Gasteiger partial charge < -0.3 is 19.9 Å². The van der Waals surface area contributed by atoms with Crippen LogP contribution >= 0.6 is 0 Å². The van der Waals surface area contributed by atoms with Gasteiger partial charge in [-0.05, 0) is 41.8 Å². The Balaban J connectivity index is 1.82. The minimum atomic E-state index is -0.981. The lowest BCUT2D eigenvalue weighted by molar-refractivity contribution is -0.139. The van der Waals surface area contributed by atoms with Gasteiger partial charge in [-0.15, -0.1) is 0 Å². The summed E-state index contributed by atoms with van der Waals surface area (Å²) in [5.74, 6) is -2.04. The molecule has 0 atom stereocenters. The minimum Gasteiger partial charge on any atom is -0.489 e. The molecule has 0 saturated heterocycles. The molecule has 0 spiro atoms. The average Bonchev–Trinajstić information content (AvgIpc) is 2.75. The number of carboxylic acids is 1. The highest BCUT2D eigenvalue weighted by Crippen LogP contribution is 2.14. The second kappa shape index (κ2) is 12.0. The third kappa shape index (κ3) is 7.72. The van der Waals surface area contributed by atoms with Crippen molar-refractivity contribution in [2.75, 3.05) is 20.3 Å². The van der Waals surface area contributed by atoms with Gasteiger partial charge in [0.15, 0.2) is 0 Å². The lowest BCUT2D eigenvalue weighted by atomic mass is 10.1. The van der Waals surface area contributed by atoms with Gasteiger partial charge in [0, 0.05) is 20.3 Å². The second-order valence-corrected chi connectivity index (χ2v) is 6.16. The summed E-state index contributed by atoms with van der Waals surface area (Å²) in [4.78, 5) is 34.1. The number of hydrogen-bond donors (Lipinski definition) is 3. The first kappa shape index (κ1) is 22.6. The fourth-order valence-electron chi connectivity index (χ4n) is 2.31. The molecule has 0 aliphatic carbocycles. The number of carboxylic acid groups (broad SMARTS) is 1. The van der Waals surface area contributed by atoms with Crippen LogP contribution < -0.4 is 15.5 Å². The minimum absolute atomic E-state index is 0.211. The van der Waals surface area contributed by atoms with Crippen molar-refractivity contribution in [2.45, 2.75) is 13.0 Å². The van der Waals surface area contributed by atoms with E-state index >= 15 is 0 Å². The maximum atomic E-state index is 11.7. The van der Waals surface area contributed by atoms with Crippen LogP contribution in [0.25, 0.3) is 0 Å². The maximum absolute atomic E-state index is 11.7. The number of hydrogen-bond acceptors (Lipinski definition) is 6. The predicted molar refractivity (Wildman–Crippen MR) is 109 cm³/mol. The van der Waals surface area contributed by atoms with E-state index in [1.54, 1.807) is 43.5 Å². The van der Waals surface area contributed by atoms with Gasteiger partial charge in [-0.3, -0.25) is 9.59 Å². The van der Waals surface area contributed by atoms with Crippen LogP contribution in [0, 0.1) is 0 Å². The first-order chi connectivity index (χ1) is 14.5. The van der Waals surface area contributed by atoms with Gasteiger partial charge in [0.05, 0.1) is 11.8 Å². The Morgan fingerprint density at radius 3 is 2.57 bits per heavy atom. The fraction of sp³-hybridized carbons (Fsp3) is 0.238. The fourth-order valence-corrected chi connectivity index (χ4v) is 2.31. The van der Waals surface area contributed by atoms with Gasteiger partial charge in [0.2, 0.25) is 0 Å². The Labute approximate surface area is 173 Å². The molecule has 0 aromatic heterocycles. The summed E-state index contributed by atoms with van der Waals surface area (Å²) in [6.07, 6.45) is 2.00. The Bertz CT molecular complexity index is 896. The van der Waals surface area contributed by atoms with Crippen LogP contribution in [0.1, 0.15) is 27.9 Å². The first-order valence-corrected chi connectivity index (χ1v) is 9.15. The van der Waals surface area contributed by atoms with E-state index in [2.05, 4.69) is 15.8 Å². The lowest BCUT2D eigenvalue weighted by Gasteiger charge is -2.07. The summed E-state index contributed by atoms with van der Waals surface area (Å²) in [7, 11) is 1.56. The lowest BCUT2D eigenvalue weighted by Crippen LogP contribution is -2.38. The molecule has 0 aliphatic rings. The van der Waals surface area contributed by atoms with Crippen LogP contribution in [0.5, 0.6) is 5.75 Å². The Kier molecular flexibility index (Phi) is 9.01. The molecular weight excluding hydrogens is 390 g/mol. The monoisotopic (exact) mass is 413 g/mol.